The highest BCUT2D eigenvalue weighted by Gasteiger charge is 2.16. The minimum absolute atomic E-state index is 0.0733. The Morgan fingerprint density at radius 3 is 2.47 bits per heavy atom. The van der Waals surface area contributed by atoms with E-state index in [4.69, 9.17) is 10.2 Å². The Morgan fingerprint density at radius 2 is 1.89 bits per heavy atom. The molecule has 0 aromatic heterocycles. The maximum Gasteiger partial charge on any atom is 0.320 e. The van der Waals surface area contributed by atoms with Crippen molar-refractivity contribution < 1.29 is 19.8 Å². The van der Waals surface area contributed by atoms with Crippen LogP contribution in [-0.2, 0) is 9.59 Å². The molecule has 0 spiro atoms. The van der Waals surface area contributed by atoms with Crippen molar-refractivity contribution in [3.8, 4) is 0 Å². The third-order valence-corrected chi connectivity index (χ3v) is 2.54. The van der Waals surface area contributed by atoms with Crippen molar-refractivity contribution in [2.75, 3.05) is 6.54 Å². The van der Waals surface area contributed by atoms with Crippen LogP contribution in [-0.4, -0.2) is 34.7 Å². The molecule has 5 nitrogen and oxygen atoms in total. The second kappa shape index (κ2) is 8.05. The van der Waals surface area contributed by atoms with Crippen LogP contribution in [0.15, 0.2) is 36.4 Å². The minimum atomic E-state index is -1.03. The first-order chi connectivity index (χ1) is 9.09. The molecule has 0 radical (unpaired) electrons. The zero-order valence-corrected chi connectivity index (χ0v) is 10.5. The first-order valence-corrected chi connectivity index (χ1v) is 5.99. The van der Waals surface area contributed by atoms with E-state index in [0.717, 1.165) is 5.56 Å². The van der Waals surface area contributed by atoms with Gasteiger partial charge >= 0.3 is 11.9 Å². The van der Waals surface area contributed by atoms with Crippen LogP contribution in [0.3, 0.4) is 0 Å². The molecule has 0 aliphatic rings. The average Bonchev–Trinajstić information content (AvgIpc) is 2.38. The van der Waals surface area contributed by atoms with Gasteiger partial charge in [-0.1, -0.05) is 42.5 Å². The Bertz CT molecular complexity index is 442. The van der Waals surface area contributed by atoms with Crippen molar-refractivity contribution >= 4 is 18.0 Å². The summed E-state index contributed by atoms with van der Waals surface area (Å²) in [6, 6.07) is 8.80. The van der Waals surface area contributed by atoms with Crippen LogP contribution in [0.25, 0.3) is 6.08 Å². The molecule has 1 atom stereocenters. The van der Waals surface area contributed by atoms with Gasteiger partial charge < -0.3 is 15.5 Å². The largest absolute Gasteiger partial charge is 0.481 e. The minimum Gasteiger partial charge on any atom is -0.481 e. The van der Waals surface area contributed by atoms with Gasteiger partial charge in [0.15, 0.2) is 0 Å². The van der Waals surface area contributed by atoms with Crippen LogP contribution in [0.5, 0.6) is 0 Å². The van der Waals surface area contributed by atoms with E-state index in [9.17, 15) is 9.59 Å². The van der Waals surface area contributed by atoms with E-state index < -0.39 is 18.0 Å². The van der Waals surface area contributed by atoms with Crippen molar-refractivity contribution in [3.63, 3.8) is 0 Å². The molecule has 1 aromatic carbocycles. The van der Waals surface area contributed by atoms with Crippen LogP contribution < -0.4 is 5.32 Å². The van der Waals surface area contributed by atoms with E-state index in [-0.39, 0.29) is 12.8 Å². The Morgan fingerprint density at radius 1 is 1.21 bits per heavy atom. The molecular weight excluding hydrogens is 246 g/mol. The summed E-state index contributed by atoms with van der Waals surface area (Å²) in [6.07, 6.45) is 3.60. The SMILES string of the molecule is O=C(O)CCC(NC/C=C/c1ccccc1)C(=O)O. The highest BCUT2D eigenvalue weighted by Crippen LogP contribution is 2.01. The van der Waals surface area contributed by atoms with Gasteiger partial charge in [-0.2, -0.15) is 0 Å². The van der Waals surface area contributed by atoms with Crippen molar-refractivity contribution in [2.24, 2.45) is 0 Å². The number of benzene rings is 1. The summed E-state index contributed by atoms with van der Waals surface area (Å²) in [5.74, 6) is -2.03. The molecule has 1 unspecified atom stereocenters. The fraction of sp³-hybridized carbons (Fsp3) is 0.286. The monoisotopic (exact) mass is 263 g/mol. The molecule has 0 aliphatic carbocycles. The zero-order chi connectivity index (χ0) is 14.1. The number of nitrogens with one attached hydrogen (secondary N) is 1. The Balaban J connectivity index is 2.38. The summed E-state index contributed by atoms with van der Waals surface area (Å²) in [5, 5.41) is 20.2. The van der Waals surface area contributed by atoms with Gasteiger partial charge in [-0.25, -0.2) is 0 Å². The van der Waals surface area contributed by atoms with Crippen LogP contribution in [0.2, 0.25) is 0 Å². The van der Waals surface area contributed by atoms with Gasteiger partial charge in [-0.15, -0.1) is 0 Å². The highest BCUT2D eigenvalue weighted by molar-refractivity contribution is 5.75. The summed E-state index contributed by atoms with van der Waals surface area (Å²) in [4.78, 5) is 21.3. The molecule has 0 bridgehead atoms. The molecular formula is C14H17NO4. The van der Waals surface area contributed by atoms with Gasteiger partial charge in [0.25, 0.3) is 0 Å². The second-order valence-electron chi connectivity index (χ2n) is 4.04. The molecule has 5 heteroatoms. The quantitative estimate of drug-likeness (QED) is 0.663. The number of carbonyl (C=O) groups is 2. The third kappa shape index (κ3) is 6.38. The van der Waals surface area contributed by atoms with E-state index in [1.54, 1.807) is 0 Å². The fourth-order valence-electron chi connectivity index (χ4n) is 1.55. The van der Waals surface area contributed by atoms with Crippen molar-refractivity contribution in [2.45, 2.75) is 18.9 Å². The third-order valence-electron chi connectivity index (χ3n) is 2.54. The number of hydrogen-bond donors (Lipinski definition) is 3. The zero-order valence-electron chi connectivity index (χ0n) is 10.5. The van der Waals surface area contributed by atoms with Crippen molar-refractivity contribution in [3.05, 3.63) is 42.0 Å². The first kappa shape index (κ1) is 14.9. The number of hydrogen-bond acceptors (Lipinski definition) is 3. The normalized spacial score (nSPS) is 12.4. The summed E-state index contributed by atoms with van der Waals surface area (Å²) in [7, 11) is 0. The van der Waals surface area contributed by atoms with Crippen LogP contribution in [0.1, 0.15) is 18.4 Å². The molecule has 0 saturated heterocycles. The maximum atomic E-state index is 10.9. The molecule has 102 valence electrons. The van der Waals surface area contributed by atoms with Gasteiger partial charge in [0.05, 0.1) is 0 Å². The predicted octanol–water partition coefficient (Wildman–Crippen LogP) is 1.61. The van der Waals surface area contributed by atoms with E-state index in [2.05, 4.69) is 5.32 Å². The van der Waals surface area contributed by atoms with Crippen LogP contribution in [0, 0.1) is 0 Å². The number of aliphatic carboxylic acids is 2. The lowest BCUT2D eigenvalue weighted by Crippen LogP contribution is -2.37. The second-order valence-corrected chi connectivity index (χ2v) is 4.04. The number of carboxylic acids is 2. The Hall–Kier alpha value is -2.14. The summed E-state index contributed by atoms with van der Waals surface area (Å²) < 4.78 is 0. The van der Waals surface area contributed by atoms with E-state index >= 15 is 0 Å². The molecule has 0 fully saturated rings. The highest BCUT2D eigenvalue weighted by atomic mass is 16.4. The topological polar surface area (TPSA) is 86.6 Å². The average molecular weight is 263 g/mol. The number of carboxylic acid groups (broad SMARTS) is 2. The molecule has 1 rings (SSSR count). The Kier molecular flexibility index (Phi) is 6.32. The molecule has 3 N–H and O–H groups in total. The van der Waals surface area contributed by atoms with E-state index in [1.807, 2.05) is 42.5 Å². The lowest BCUT2D eigenvalue weighted by molar-refractivity contribution is -0.140. The van der Waals surface area contributed by atoms with Gasteiger partial charge in [0.1, 0.15) is 6.04 Å². The fourth-order valence-corrected chi connectivity index (χ4v) is 1.55. The van der Waals surface area contributed by atoms with Gasteiger partial charge in [0, 0.05) is 13.0 Å². The standard InChI is InChI=1S/C14H17NO4/c16-13(17)9-8-12(14(18)19)15-10-4-7-11-5-2-1-3-6-11/h1-7,12,15H,8-10H2,(H,16,17)(H,18,19)/b7-4+. The first-order valence-electron chi connectivity index (χ1n) is 5.99. The molecule has 0 saturated carbocycles. The summed E-state index contributed by atoms with van der Waals surface area (Å²) in [5.41, 5.74) is 1.03. The van der Waals surface area contributed by atoms with E-state index in [1.165, 1.54) is 0 Å². The van der Waals surface area contributed by atoms with Gasteiger partial charge in [-0.3, -0.25) is 9.59 Å². The van der Waals surface area contributed by atoms with Crippen molar-refractivity contribution in [1.29, 1.82) is 0 Å². The van der Waals surface area contributed by atoms with Gasteiger partial charge in [-0.05, 0) is 12.0 Å². The molecule has 0 amide bonds. The number of rotatable bonds is 8. The smallest absolute Gasteiger partial charge is 0.320 e. The van der Waals surface area contributed by atoms with E-state index in [0.29, 0.717) is 6.54 Å². The van der Waals surface area contributed by atoms with Crippen LogP contribution >= 0.6 is 0 Å². The molecule has 0 heterocycles. The summed E-state index contributed by atoms with van der Waals surface area (Å²) in [6.45, 7) is 0.380. The Labute approximate surface area is 111 Å². The van der Waals surface area contributed by atoms with Crippen LogP contribution in [0.4, 0.5) is 0 Å². The lowest BCUT2D eigenvalue weighted by atomic mass is 10.1. The lowest BCUT2D eigenvalue weighted by Gasteiger charge is -2.11. The summed E-state index contributed by atoms with van der Waals surface area (Å²) >= 11 is 0. The van der Waals surface area contributed by atoms with Gasteiger partial charge in [0.2, 0.25) is 0 Å². The molecule has 19 heavy (non-hydrogen) atoms. The maximum absolute atomic E-state index is 10.9. The molecule has 1 aromatic rings. The predicted molar refractivity (Wildman–Crippen MR) is 71.8 cm³/mol. The molecule has 0 aliphatic heterocycles. The van der Waals surface area contributed by atoms with Crippen molar-refractivity contribution in [1.82, 2.24) is 5.32 Å².